The van der Waals surface area contributed by atoms with Crippen molar-refractivity contribution in [2.45, 2.75) is 19.1 Å². The van der Waals surface area contributed by atoms with Crippen molar-refractivity contribution in [3.05, 3.63) is 35.9 Å². The summed E-state index contributed by atoms with van der Waals surface area (Å²) >= 11 is 1.91. The van der Waals surface area contributed by atoms with Gasteiger partial charge in [-0.2, -0.15) is 11.8 Å². The second kappa shape index (κ2) is 5.21. The number of hydrogen-bond donors (Lipinski definition) is 1. The van der Waals surface area contributed by atoms with E-state index in [4.69, 9.17) is 5.73 Å². The number of nitrogen functional groups attached to an aromatic ring is 1. The van der Waals surface area contributed by atoms with E-state index in [1.54, 1.807) is 0 Å². The number of fused-ring (bicyclic) bond motifs is 1. The van der Waals surface area contributed by atoms with Crippen molar-refractivity contribution >= 4 is 28.5 Å². The highest BCUT2D eigenvalue weighted by atomic mass is 32.2. The van der Waals surface area contributed by atoms with Crippen LogP contribution in [0.25, 0.3) is 10.9 Å². The third-order valence-corrected chi connectivity index (χ3v) is 3.65. The summed E-state index contributed by atoms with van der Waals surface area (Å²) in [4.78, 5) is 4.42. The highest BCUT2D eigenvalue weighted by molar-refractivity contribution is 7.98. The Morgan fingerprint density at radius 3 is 2.94 bits per heavy atom. The molecule has 0 aliphatic heterocycles. The fraction of sp³-hybridized carbons (Fsp3) is 0.308. The highest BCUT2D eigenvalue weighted by Crippen LogP contribution is 2.22. The van der Waals surface area contributed by atoms with Gasteiger partial charge in [0.15, 0.2) is 0 Å². The summed E-state index contributed by atoms with van der Waals surface area (Å²) in [6, 6.07) is 10.2. The maximum absolute atomic E-state index is 5.94. The van der Waals surface area contributed by atoms with Gasteiger partial charge < -0.3 is 5.73 Å². The molecule has 2 rings (SSSR count). The second-order valence-electron chi connectivity index (χ2n) is 3.78. The molecule has 0 aliphatic carbocycles. The molecule has 0 saturated carbocycles. The summed E-state index contributed by atoms with van der Waals surface area (Å²) in [5.41, 5.74) is 8.07. The number of aromatic nitrogens is 1. The van der Waals surface area contributed by atoms with E-state index in [2.05, 4.69) is 24.0 Å². The lowest BCUT2D eigenvalue weighted by Crippen LogP contribution is -1.97. The number of nitrogens with zero attached hydrogens (tertiary/aromatic N) is 1. The van der Waals surface area contributed by atoms with E-state index in [0.29, 0.717) is 5.82 Å². The summed E-state index contributed by atoms with van der Waals surface area (Å²) in [5.74, 6) is 2.80. The van der Waals surface area contributed by atoms with Gasteiger partial charge in [0.1, 0.15) is 5.82 Å². The average Bonchev–Trinajstić information content (AvgIpc) is 2.30. The van der Waals surface area contributed by atoms with Gasteiger partial charge in [0, 0.05) is 16.7 Å². The Kier molecular flexibility index (Phi) is 3.67. The average molecular weight is 232 g/mol. The van der Waals surface area contributed by atoms with E-state index in [9.17, 15) is 0 Å². The van der Waals surface area contributed by atoms with Gasteiger partial charge in [0.2, 0.25) is 0 Å². The first-order chi connectivity index (χ1) is 7.81. The fourth-order valence-corrected chi connectivity index (χ4v) is 2.50. The molecule has 2 nitrogen and oxygen atoms in total. The summed E-state index contributed by atoms with van der Waals surface area (Å²) < 4.78 is 0. The molecule has 16 heavy (non-hydrogen) atoms. The van der Waals surface area contributed by atoms with Crippen molar-refractivity contribution in [3.63, 3.8) is 0 Å². The van der Waals surface area contributed by atoms with Crippen LogP contribution >= 0.6 is 11.8 Å². The van der Waals surface area contributed by atoms with Crippen molar-refractivity contribution in [3.8, 4) is 0 Å². The molecule has 0 radical (unpaired) electrons. The van der Waals surface area contributed by atoms with Crippen molar-refractivity contribution in [2.75, 3.05) is 11.5 Å². The van der Waals surface area contributed by atoms with Crippen LogP contribution in [0.3, 0.4) is 0 Å². The Morgan fingerprint density at radius 2 is 2.12 bits per heavy atom. The minimum absolute atomic E-state index is 0.669. The van der Waals surface area contributed by atoms with Gasteiger partial charge in [-0.1, -0.05) is 25.1 Å². The Balaban J connectivity index is 2.27. The van der Waals surface area contributed by atoms with Gasteiger partial charge in [-0.05, 0) is 24.3 Å². The topological polar surface area (TPSA) is 38.9 Å². The van der Waals surface area contributed by atoms with E-state index >= 15 is 0 Å². The molecule has 3 heteroatoms. The molecular formula is C13H16N2S. The van der Waals surface area contributed by atoms with Crippen LogP contribution in [-0.4, -0.2) is 10.7 Å². The van der Waals surface area contributed by atoms with Crippen molar-refractivity contribution in [1.82, 2.24) is 4.98 Å². The van der Waals surface area contributed by atoms with E-state index in [1.807, 2.05) is 30.0 Å². The minimum atomic E-state index is 0.669. The number of pyridine rings is 1. The molecule has 0 bridgehead atoms. The molecule has 0 fully saturated rings. The molecule has 1 aromatic heterocycles. The molecule has 0 spiro atoms. The Labute approximate surface area is 100 Å². The largest absolute Gasteiger partial charge is 0.383 e. The van der Waals surface area contributed by atoms with E-state index in [0.717, 1.165) is 16.8 Å². The molecular weight excluding hydrogens is 216 g/mol. The van der Waals surface area contributed by atoms with Crippen molar-refractivity contribution in [2.24, 2.45) is 0 Å². The molecule has 0 atom stereocenters. The van der Waals surface area contributed by atoms with Crippen LogP contribution in [0.1, 0.15) is 18.9 Å². The van der Waals surface area contributed by atoms with Crippen LogP contribution < -0.4 is 5.73 Å². The third kappa shape index (κ3) is 2.47. The first-order valence-electron chi connectivity index (χ1n) is 5.53. The van der Waals surface area contributed by atoms with Crippen LogP contribution in [0.15, 0.2) is 30.3 Å². The van der Waals surface area contributed by atoms with Crippen LogP contribution in [0.2, 0.25) is 0 Å². The number of nitrogens with two attached hydrogens (primary N) is 1. The molecule has 0 aliphatic rings. The van der Waals surface area contributed by atoms with Crippen LogP contribution in [-0.2, 0) is 5.75 Å². The zero-order valence-electron chi connectivity index (χ0n) is 9.44. The predicted octanol–water partition coefficient (Wildman–Crippen LogP) is 3.46. The van der Waals surface area contributed by atoms with Gasteiger partial charge >= 0.3 is 0 Å². The standard InChI is InChI=1S/C13H16N2S/c1-2-7-16-9-11-8-10-5-3-4-6-12(10)15-13(11)14/h3-6,8H,2,7,9H2,1H3,(H2,14,15). The van der Waals surface area contributed by atoms with Crippen molar-refractivity contribution in [1.29, 1.82) is 0 Å². The molecule has 1 heterocycles. The molecule has 0 amide bonds. The van der Waals surface area contributed by atoms with Crippen LogP contribution in [0.5, 0.6) is 0 Å². The quantitative estimate of drug-likeness (QED) is 0.820. The number of hydrogen-bond acceptors (Lipinski definition) is 3. The first-order valence-corrected chi connectivity index (χ1v) is 6.68. The first kappa shape index (κ1) is 11.3. The Bertz CT molecular complexity index is 482. The molecule has 2 aromatic rings. The normalized spacial score (nSPS) is 10.8. The number of anilines is 1. The lowest BCUT2D eigenvalue weighted by Gasteiger charge is -2.06. The minimum Gasteiger partial charge on any atom is -0.383 e. The zero-order chi connectivity index (χ0) is 11.4. The summed E-state index contributed by atoms with van der Waals surface area (Å²) in [6.45, 7) is 2.19. The van der Waals surface area contributed by atoms with Gasteiger partial charge in [-0.3, -0.25) is 0 Å². The molecule has 2 N–H and O–H groups in total. The number of para-hydroxylation sites is 1. The SMILES string of the molecule is CCCSCc1cc2ccccc2nc1N. The highest BCUT2D eigenvalue weighted by Gasteiger charge is 2.03. The molecule has 0 saturated heterocycles. The maximum Gasteiger partial charge on any atom is 0.128 e. The Morgan fingerprint density at radius 1 is 1.31 bits per heavy atom. The van der Waals surface area contributed by atoms with Gasteiger partial charge in [-0.25, -0.2) is 4.98 Å². The molecule has 1 aromatic carbocycles. The fourth-order valence-electron chi connectivity index (χ4n) is 1.62. The monoisotopic (exact) mass is 232 g/mol. The lowest BCUT2D eigenvalue weighted by molar-refractivity contribution is 1.10. The van der Waals surface area contributed by atoms with E-state index < -0.39 is 0 Å². The predicted molar refractivity (Wildman–Crippen MR) is 72.6 cm³/mol. The summed E-state index contributed by atoms with van der Waals surface area (Å²) in [6.07, 6.45) is 1.20. The van der Waals surface area contributed by atoms with Gasteiger partial charge in [0.05, 0.1) is 5.52 Å². The van der Waals surface area contributed by atoms with E-state index in [1.165, 1.54) is 17.6 Å². The number of thioether (sulfide) groups is 1. The van der Waals surface area contributed by atoms with Crippen LogP contribution in [0, 0.1) is 0 Å². The molecule has 84 valence electrons. The Hall–Kier alpha value is -1.22. The molecule has 0 unspecified atom stereocenters. The van der Waals surface area contributed by atoms with Crippen molar-refractivity contribution < 1.29 is 0 Å². The zero-order valence-corrected chi connectivity index (χ0v) is 10.3. The van der Waals surface area contributed by atoms with Gasteiger partial charge in [-0.15, -0.1) is 0 Å². The smallest absolute Gasteiger partial charge is 0.128 e. The number of benzene rings is 1. The van der Waals surface area contributed by atoms with Crippen LogP contribution in [0.4, 0.5) is 5.82 Å². The number of rotatable bonds is 4. The summed E-state index contributed by atoms with van der Waals surface area (Å²) in [7, 11) is 0. The summed E-state index contributed by atoms with van der Waals surface area (Å²) in [5, 5.41) is 1.17. The van der Waals surface area contributed by atoms with E-state index in [-0.39, 0.29) is 0 Å². The van der Waals surface area contributed by atoms with Gasteiger partial charge in [0.25, 0.3) is 0 Å². The third-order valence-electron chi connectivity index (χ3n) is 2.44. The maximum atomic E-state index is 5.94. The lowest BCUT2D eigenvalue weighted by atomic mass is 10.1. The second-order valence-corrected chi connectivity index (χ2v) is 4.88.